The molecule has 138 valence electrons. The number of benzene rings is 2. The zero-order valence-corrected chi connectivity index (χ0v) is 15.4. The summed E-state index contributed by atoms with van der Waals surface area (Å²) >= 11 is 5.94. The Morgan fingerprint density at radius 2 is 1.85 bits per heavy atom. The third-order valence-electron chi connectivity index (χ3n) is 3.62. The van der Waals surface area contributed by atoms with Crippen molar-refractivity contribution in [3.8, 4) is 0 Å². The van der Waals surface area contributed by atoms with Crippen LogP contribution >= 0.6 is 11.6 Å². The standard InChI is InChI=1S/C19H21ClFN3O2/c1-13(2)18(25)22-10-11-24(17-8-6-15(21)7-9-17)19(26)23-16-5-3-4-14(20)12-16/h3-9,12-13H,10-11H2,1-2H3,(H,22,25)(H,23,26). The van der Waals surface area contributed by atoms with Gasteiger partial charge in [0.2, 0.25) is 5.91 Å². The summed E-state index contributed by atoms with van der Waals surface area (Å²) in [5, 5.41) is 6.02. The maximum absolute atomic E-state index is 13.2. The van der Waals surface area contributed by atoms with Gasteiger partial charge in [-0.05, 0) is 42.5 Å². The molecule has 3 amide bonds. The number of carbonyl (C=O) groups is 2. The smallest absolute Gasteiger partial charge is 0.326 e. The van der Waals surface area contributed by atoms with Crippen LogP contribution < -0.4 is 15.5 Å². The van der Waals surface area contributed by atoms with Crippen molar-refractivity contribution in [2.24, 2.45) is 5.92 Å². The van der Waals surface area contributed by atoms with Gasteiger partial charge in [0, 0.05) is 35.4 Å². The van der Waals surface area contributed by atoms with Crippen LogP contribution in [0.1, 0.15) is 13.8 Å². The molecule has 0 aliphatic heterocycles. The second kappa shape index (κ2) is 9.20. The van der Waals surface area contributed by atoms with Crippen LogP contribution in [-0.4, -0.2) is 25.0 Å². The lowest BCUT2D eigenvalue weighted by molar-refractivity contribution is -0.123. The van der Waals surface area contributed by atoms with E-state index in [0.29, 0.717) is 16.4 Å². The zero-order chi connectivity index (χ0) is 19.1. The quantitative estimate of drug-likeness (QED) is 0.788. The van der Waals surface area contributed by atoms with E-state index < -0.39 is 11.8 Å². The number of hydrogen-bond acceptors (Lipinski definition) is 2. The van der Waals surface area contributed by atoms with Crippen LogP contribution in [0, 0.1) is 11.7 Å². The van der Waals surface area contributed by atoms with E-state index in [1.54, 1.807) is 38.1 Å². The van der Waals surface area contributed by atoms with Crippen LogP contribution in [0.2, 0.25) is 5.02 Å². The third kappa shape index (κ3) is 5.74. The van der Waals surface area contributed by atoms with E-state index in [2.05, 4.69) is 10.6 Å². The highest BCUT2D eigenvalue weighted by Gasteiger charge is 2.17. The van der Waals surface area contributed by atoms with Gasteiger partial charge in [0.05, 0.1) is 0 Å². The fraction of sp³-hybridized carbons (Fsp3) is 0.263. The number of nitrogens with one attached hydrogen (secondary N) is 2. The maximum Gasteiger partial charge on any atom is 0.326 e. The van der Waals surface area contributed by atoms with Gasteiger partial charge in [-0.1, -0.05) is 31.5 Å². The van der Waals surface area contributed by atoms with E-state index >= 15 is 0 Å². The first-order chi connectivity index (χ1) is 12.4. The minimum absolute atomic E-state index is 0.0979. The molecule has 26 heavy (non-hydrogen) atoms. The molecule has 0 aliphatic rings. The normalized spacial score (nSPS) is 10.5. The van der Waals surface area contributed by atoms with Gasteiger partial charge in [-0.15, -0.1) is 0 Å². The topological polar surface area (TPSA) is 61.4 Å². The number of nitrogens with zero attached hydrogens (tertiary/aromatic N) is 1. The van der Waals surface area contributed by atoms with Crippen LogP contribution in [0.4, 0.5) is 20.6 Å². The average Bonchev–Trinajstić information content (AvgIpc) is 2.59. The Labute approximate surface area is 157 Å². The molecule has 5 nitrogen and oxygen atoms in total. The molecule has 0 unspecified atom stereocenters. The van der Waals surface area contributed by atoms with Crippen LogP contribution in [0.3, 0.4) is 0 Å². The third-order valence-corrected chi connectivity index (χ3v) is 3.85. The Kier molecular flexibility index (Phi) is 6.97. The molecule has 0 saturated carbocycles. The van der Waals surface area contributed by atoms with Gasteiger partial charge < -0.3 is 10.6 Å². The van der Waals surface area contributed by atoms with Crippen molar-refractivity contribution < 1.29 is 14.0 Å². The molecular weight excluding hydrogens is 357 g/mol. The second-order valence-electron chi connectivity index (χ2n) is 6.01. The van der Waals surface area contributed by atoms with Crippen molar-refractivity contribution in [3.05, 3.63) is 59.4 Å². The van der Waals surface area contributed by atoms with Crippen molar-refractivity contribution >= 4 is 34.9 Å². The summed E-state index contributed by atoms with van der Waals surface area (Å²) in [5.74, 6) is -0.633. The molecule has 2 rings (SSSR count). The molecular formula is C19H21ClFN3O2. The monoisotopic (exact) mass is 377 g/mol. The number of halogens is 2. The second-order valence-corrected chi connectivity index (χ2v) is 6.45. The van der Waals surface area contributed by atoms with E-state index in [1.807, 2.05) is 0 Å². The number of hydrogen-bond donors (Lipinski definition) is 2. The highest BCUT2D eigenvalue weighted by atomic mass is 35.5. The van der Waals surface area contributed by atoms with E-state index in [4.69, 9.17) is 11.6 Å². The van der Waals surface area contributed by atoms with E-state index in [-0.39, 0.29) is 24.9 Å². The predicted molar refractivity (Wildman–Crippen MR) is 102 cm³/mol. The number of rotatable bonds is 6. The van der Waals surface area contributed by atoms with E-state index in [0.717, 1.165) is 0 Å². The fourth-order valence-electron chi connectivity index (χ4n) is 2.22. The fourth-order valence-corrected chi connectivity index (χ4v) is 2.41. The summed E-state index contributed by atoms with van der Waals surface area (Å²) < 4.78 is 13.2. The molecule has 0 saturated heterocycles. The molecule has 0 aromatic heterocycles. The summed E-state index contributed by atoms with van der Waals surface area (Å²) in [4.78, 5) is 25.8. The molecule has 0 fully saturated rings. The van der Waals surface area contributed by atoms with Gasteiger partial charge in [0.25, 0.3) is 0 Å². The molecule has 0 atom stereocenters. The Balaban J connectivity index is 2.12. The summed E-state index contributed by atoms with van der Waals surface area (Å²) in [6.45, 7) is 4.09. The highest BCUT2D eigenvalue weighted by Crippen LogP contribution is 2.19. The van der Waals surface area contributed by atoms with Gasteiger partial charge in [0.15, 0.2) is 0 Å². The first-order valence-electron chi connectivity index (χ1n) is 8.24. The largest absolute Gasteiger partial charge is 0.354 e. The molecule has 2 aromatic carbocycles. The maximum atomic E-state index is 13.2. The number of amides is 3. The lowest BCUT2D eigenvalue weighted by atomic mass is 10.2. The first-order valence-corrected chi connectivity index (χ1v) is 8.62. The molecule has 2 N–H and O–H groups in total. The minimum atomic E-state index is -0.405. The SMILES string of the molecule is CC(C)C(=O)NCCN(C(=O)Nc1cccc(Cl)c1)c1ccc(F)cc1. The van der Waals surface area contributed by atoms with Crippen molar-refractivity contribution in [1.29, 1.82) is 0 Å². The number of urea groups is 1. The summed E-state index contributed by atoms with van der Waals surface area (Å²) in [7, 11) is 0. The van der Waals surface area contributed by atoms with Crippen LogP contribution in [0.15, 0.2) is 48.5 Å². The predicted octanol–water partition coefficient (Wildman–Crippen LogP) is 4.29. The van der Waals surface area contributed by atoms with Crippen molar-refractivity contribution in [3.63, 3.8) is 0 Å². The van der Waals surface area contributed by atoms with Crippen LogP contribution in [0.5, 0.6) is 0 Å². The molecule has 0 spiro atoms. The molecule has 2 aromatic rings. The van der Waals surface area contributed by atoms with Gasteiger partial charge in [-0.25, -0.2) is 9.18 Å². The van der Waals surface area contributed by atoms with Crippen molar-refractivity contribution in [2.45, 2.75) is 13.8 Å². The van der Waals surface area contributed by atoms with Crippen molar-refractivity contribution in [1.82, 2.24) is 5.32 Å². The molecule has 7 heteroatoms. The minimum Gasteiger partial charge on any atom is -0.354 e. The Hall–Kier alpha value is -2.60. The van der Waals surface area contributed by atoms with Crippen LogP contribution in [-0.2, 0) is 4.79 Å². The molecule has 0 radical (unpaired) electrons. The van der Waals surface area contributed by atoms with Crippen LogP contribution in [0.25, 0.3) is 0 Å². The zero-order valence-electron chi connectivity index (χ0n) is 14.6. The summed E-state index contributed by atoms with van der Waals surface area (Å²) in [5.41, 5.74) is 1.06. The van der Waals surface area contributed by atoms with E-state index in [9.17, 15) is 14.0 Å². The summed E-state index contributed by atoms with van der Waals surface area (Å²) in [6.07, 6.45) is 0. The molecule has 0 aliphatic carbocycles. The van der Waals surface area contributed by atoms with Crippen molar-refractivity contribution in [2.75, 3.05) is 23.3 Å². The Morgan fingerprint density at radius 3 is 2.46 bits per heavy atom. The van der Waals surface area contributed by atoms with Gasteiger partial charge in [-0.3, -0.25) is 9.69 Å². The lowest BCUT2D eigenvalue weighted by Crippen LogP contribution is -2.41. The van der Waals surface area contributed by atoms with Gasteiger partial charge in [0.1, 0.15) is 5.82 Å². The average molecular weight is 378 g/mol. The molecule has 0 heterocycles. The van der Waals surface area contributed by atoms with E-state index in [1.165, 1.54) is 29.2 Å². The Bertz CT molecular complexity index is 766. The van der Waals surface area contributed by atoms with Gasteiger partial charge in [-0.2, -0.15) is 0 Å². The molecule has 0 bridgehead atoms. The Morgan fingerprint density at radius 1 is 1.15 bits per heavy atom. The lowest BCUT2D eigenvalue weighted by Gasteiger charge is -2.24. The first kappa shape index (κ1) is 19.7. The van der Waals surface area contributed by atoms with Gasteiger partial charge >= 0.3 is 6.03 Å². The summed E-state index contributed by atoms with van der Waals surface area (Å²) in [6, 6.07) is 11.9. The highest BCUT2D eigenvalue weighted by molar-refractivity contribution is 6.30. The number of anilines is 2. The number of carbonyl (C=O) groups excluding carboxylic acids is 2.